The highest BCUT2D eigenvalue weighted by molar-refractivity contribution is 6.34. The molecule has 4 heteroatoms. The van der Waals surface area contributed by atoms with E-state index < -0.39 is 5.97 Å². The summed E-state index contributed by atoms with van der Waals surface area (Å²) in [7, 11) is 0. The highest BCUT2D eigenvalue weighted by Crippen LogP contribution is 2.33. The number of rotatable bonds is 5. The zero-order valence-corrected chi connectivity index (χ0v) is 14.3. The van der Waals surface area contributed by atoms with Crippen molar-refractivity contribution in [3.8, 4) is 11.1 Å². The largest absolute Gasteiger partial charge is 0.478 e. The Hall–Kier alpha value is -1.84. The predicted molar refractivity (Wildman–Crippen MR) is 95.2 cm³/mol. The van der Waals surface area contributed by atoms with Gasteiger partial charge in [-0.15, -0.1) is 0 Å². The van der Waals surface area contributed by atoms with Gasteiger partial charge in [0.15, 0.2) is 0 Å². The molecule has 0 aliphatic carbocycles. The second-order valence-corrected chi connectivity index (χ2v) is 5.43. The molecular weight excluding hydrogens is 312 g/mol. The molecular formula is C19H23ClO3. The lowest BCUT2D eigenvalue weighted by Crippen LogP contribution is -2.03. The maximum Gasteiger partial charge on any atom is 0.336 e. The molecule has 0 aliphatic heterocycles. The zero-order chi connectivity index (χ0) is 17.2. The Morgan fingerprint density at radius 3 is 2.17 bits per heavy atom. The Kier molecular flexibility index (Phi) is 8.38. The minimum atomic E-state index is -0.937. The number of hydrogen-bond donors (Lipinski definition) is 2. The van der Waals surface area contributed by atoms with Crippen LogP contribution >= 0.6 is 11.6 Å². The SMILES string of the molecule is CCCCO.CCc1c(C(=O)O)ccc(-c2ccccc2)c1Cl. The van der Waals surface area contributed by atoms with Gasteiger partial charge in [0.05, 0.1) is 10.6 Å². The fraction of sp³-hybridized carbons (Fsp3) is 0.316. The van der Waals surface area contributed by atoms with E-state index in [0.29, 0.717) is 23.6 Å². The van der Waals surface area contributed by atoms with E-state index in [9.17, 15) is 4.79 Å². The van der Waals surface area contributed by atoms with Crippen molar-refractivity contribution in [2.45, 2.75) is 33.1 Å². The van der Waals surface area contributed by atoms with Crippen molar-refractivity contribution in [2.24, 2.45) is 0 Å². The normalized spacial score (nSPS) is 9.91. The van der Waals surface area contributed by atoms with Crippen LogP contribution in [0.1, 0.15) is 42.6 Å². The molecule has 0 aliphatic rings. The Morgan fingerprint density at radius 2 is 1.74 bits per heavy atom. The van der Waals surface area contributed by atoms with Crippen molar-refractivity contribution < 1.29 is 15.0 Å². The van der Waals surface area contributed by atoms with Gasteiger partial charge in [0.1, 0.15) is 0 Å². The van der Waals surface area contributed by atoms with Gasteiger partial charge in [-0.1, -0.05) is 68.3 Å². The first kappa shape index (κ1) is 19.2. The van der Waals surface area contributed by atoms with E-state index in [-0.39, 0.29) is 5.56 Å². The van der Waals surface area contributed by atoms with Crippen molar-refractivity contribution in [1.29, 1.82) is 0 Å². The molecule has 3 nitrogen and oxygen atoms in total. The van der Waals surface area contributed by atoms with E-state index in [1.54, 1.807) is 12.1 Å². The average molecular weight is 335 g/mol. The van der Waals surface area contributed by atoms with E-state index in [1.807, 2.05) is 37.3 Å². The third kappa shape index (κ3) is 5.38. The Bertz CT molecular complexity index is 622. The number of aliphatic hydroxyl groups excluding tert-OH is 1. The quantitative estimate of drug-likeness (QED) is 0.804. The van der Waals surface area contributed by atoms with Crippen LogP contribution in [0.25, 0.3) is 11.1 Å². The maximum absolute atomic E-state index is 11.1. The van der Waals surface area contributed by atoms with Crippen LogP contribution in [0, 0.1) is 0 Å². The summed E-state index contributed by atoms with van der Waals surface area (Å²) >= 11 is 6.33. The Labute approximate surface area is 142 Å². The lowest BCUT2D eigenvalue weighted by molar-refractivity contribution is 0.0695. The fourth-order valence-electron chi connectivity index (χ4n) is 2.17. The molecule has 0 aromatic heterocycles. The van der Waals surface area contributed by atoms with E-state index in [2.05, 4.69) is 6.92 Å². The summed E-state index contributed by atoms with van der Waals surface area (Å²) in [4.78, 5) is 11.1. The second kappa shape index (κ2) is 10.0. The van der Waals surface area contributed by atoms with Gasteiger partial charge in [-0.2, -0.15) is 0 Å². The summed E-state index contributed by atoms with van der Waals surface area (Å²) in [5.41, 5.74) is 2.83. The van der Waals surface area contributed by atoms with Gasteiger partial charge in [0, 0.05) is 12.2 Å². The Balaban J connectivity index is 0.000000463. The van der Waals surface area contributed by atoms with Crippen molar-refractivity contribution >= 4 is 17.6 Å². The first-order valence-corrected chi connectivity index (χ1v) is 8.15. The van der Waals surface area contributed by atoms with Crippen molar-refractivity contribution in [3.63, 3.8) is 0 Å². The lowest BCUT2D eigenvalue weighted by Gasteiger charge is -2.11. The molecule has 0 heterocycles. The van der Waals surface area contributed by atoms with Gasteiger partial charge in [0.2, 0.25) is 0 Å². The fourth-order valence-corrected chi connectivity index (χ4v) is 2.57. The molecule has 2 aromatic carbocycles. The molecule has 0 spiro atoms. The minimum Gasteiger partial charge on any atom is -0.478 e. The summed E-state index contributed by atoms with van der Waals surface area (Å²) in [6, 6.07) is 13.1. The number of hydrogen-bond acceptors (Lipinski definition) is 2. The minimum absolute atomic E-state index is 0.280. The summed E-state index contributed by atoms with van der Waals surface area (Å²) in [5, 5.41) is 17.7. The molecule has 2 N–H and O–H groups in total. The summed E-state index contributed by atoms with van der Waals surface area (Å²) < 4.78 is 0. The molecule has 0 unspecified atom stereocenters. The summed E-state index contributed by atoms with van der Waals surface area (Å²) in [6.45, 7) is 4.30. The van der Waals surface area contributed by atoms with Gasteiger partial charge < -0.3 is 10.2 Å². The maximum atomic E-state index is 11.1. The van der Waals surface area contributed by atoms with Crippen LogP contribution in [-0.2, 0) is 6.42 Å². The van der Waals surface area contributed by atoms with Crippen molar-refractivity contribution in [1.82, 2.24) is 0 Å². The second-order valence-electron chi connectivity index (χ2n) is 5.06. The number of benzene rings is 2. The van der Waals surface area contributed by atoms with Gasteiger partial charge >= 0.3 is 5.97 Å². The third-order valence-corrected chi connectivity index (χ3v) is 3.86. The number of halogens is 1. The molecule has 124 valence electrons. The topological polar surface area (TPSA) is 57.5 Å². The first-order valence-electron chi connectivity index (χ1n) is 7.77. The lowest BCUT2D eigenvalue weighted by atomic mass is 9.97. The average Bonchev–Trinajstić information content (AvgIpc) is 2.56. The van der Waals surface area contributed by atoms with E-state index >= 15 is 0 Å². The molecule has 0 atom stereocenters. The highest BCUT2D eigenvalue weighted by atomic mass is 35.5. The van der Waals surface area contributed by atoms with Gasteiger partial charge in [-0.05, 0) is 30.0 Å². The molecule has 0 bridgehead atoms. The predicted octanol–water partition coefficient (Wildman–Crippen LogP) is 5.05. The van der Waals surface area contributed by atoms with Gasteiger partial charge in [0.25, 0.3) is 0 Å². The zero-order valence-electron chi connectivity index (χ0n) is 13.6. The number of aliphatic hydroxyl groups is 1. The molecule has 0 amide bonds. The van der Waals surface area contributed by atoms with Gasteiger partial charge in [-0.3, -0.25) is 0 Å². The van der Waals surface area contributed by atoms with Crippen LogP contribution in [0.15, 0.2) is 42.5 Å². The molecule has 0 fully saturated rings. The van der Waals surface area contributed by atoms with E-state index in [0.717, 1.165) is 24.0 Å². The smallest absolute Gasteiger partial charge is 0.336 e. The standard InChI is InChI=1S/C15H13ClO2.C4H10O/c1-2-11-13(15(17)18)9-8-12(14(11)16)10-6-4-3-5-7-10;1-2-3-4-5/h3-9H,2H2,1H3,(H,17,18);5H,2-4H2,1H3. The monoisotopic (exact) mass is 334 g/mol. The molecule has 2 aromatic rings. The van der Waals surface area contributed by atoms with Crippen LogP contribution in [0.3, 0.4) is 0 Å². The number of carboxylic acid groups (broad SMARTS) is 1. The number of unbranched alkanes of at least 4 members (excludes halogenated alkanes) is 1. The van der Waals surface area contributed by atoms with E-state index in [4.69, 9.17) is 21.8 Å². The molecule has 0 saturated heterocycles. The van der Waals surface area contributed by atoms with Crippen molar-refractivity contribution in [3.05, 3.63) is 58.6 Å². The third-order valence-electron chi connectivity index (χ3n) is 3.42. The van der Waals surface area contributed by atoms with Crippen LogP contribution in [0.2, 0.25) is 5.02 Å². The highest BCUT2D eigenvalue weighted by Gasteiger charge is 2.15. The molecule has 23 heavy (non-hydrogen) atoms. The van der Waals surface area contributed by atoms with Crippen LogP contribution < -0.4 is 0 Å². The molecule has 0 radical (unpaired) electrons. The van der Waals surface area contributed by atoms with E-state index in [1.165, 1.54) is 0 Å². The molecule has 0 saturated carbocycles. The summed E-state index contributed by atoms with van der Waals surface area (Å²) in [5.74, 6) is -0.937. The van der Waals surface area contributed by atoms with Crippen LogP contribution in [-0.4, -0.2) is 22.8 Å². The number of aromatic carboxylic acids is 1. The summed E-state index contributed by atoms with van der Waals surface area (Å²) in [6.07, 6.45) is 2.64. The van der Waals surface area contributed by atoms with Crippen molar-refractivity contribution in [2.75, 3.05) is 6.61 Å². The first-order chi connectivity index (χ1) is 11.1. The van der Waals surface area contributed by atoms with Gasteiger partial charge in [-0.25, -0.2) is 4.79 Å². The Morgan fingerprint density at radius 1 is 1.09 bits per heavy atom. The van der Waals surface area contributed by atoms with Crippen LogP contribution in [0.4, 0.5) is 0 Å². The van der Waals surface area contributed by atoms with Crippen LogP contribution in [0.5, 0.6) is 0 Å². The number of carbonyl (C=O) groups is 1. The number of carboxylic acids is 1. The molecule has 2 rings (SSSR count).